The number of aryl methyl sites for hydroxylation is 1. The second-order valence-corrected chi connectivity index (χ2v) is 6.02. The Morgan fingerprint density at radius 2 is 2.00 bits per heavy atom. The van der Waals surface area contributed by atoms with Gasteiger partial charge in [0, 0.05) is 43.0 Å². The number of hydrogen-bond acceptors (Lipinski definition) is 2. The zero-order chi connectivity index (χ0) is 15.8. The highest BCUT2D eigenvalue weighted by Crippen LogP contribution is 2.22. The van der Waals surface area contributed by atoms with Crippen molar-refractivity contribution in [2.24, 2.45) is 0 Å². The fourth-order valence-electron chi connectivity index (χ4n) is 2.81. The number of aromatic nitrogens is 4. The van der Waals surface area contributed by atoms with E-state index in [1.54, 1.807) is 12.4 Å². The summed E-state index contributed by atoms with van der Waals surface area (Å²) in [4.78, 5) is 4.44. The highest BCUT2D eigenvalue weighted by molar-refractivity contribution is 6.30. The Labute approximate surface area is 139 Å². The molecule has 5 heteroatoms. The summed E-state index contributed by atoms with van der Waals surface area (Å²) in [5, 5.41) is 5.01. The third-order valence-electron chi connectivity index (χ3n) is 4.01. The molecule has 0 saturated heterocycles. The summed E-state index contributed by atoms with van der Waals surface area (Å²) < 4.78 is 3.83. The van der Waals surface area contributed by atoms with E-state index in [2.05, 4.69) is 35.2 Å². The van der Waals surface area contributed by atoms with Gasteiger partial charge in [0.05, 0.1) is 10.7 Å². The average molecular weight is 323 g/mol. The maximum Gasteiger partial charge on any atom is 0.140 e. The van der Waals surface area contributed by atoms with Gasteiger partial charge in [-0.25, -0.2) is 9.67 Å². The molecule has 4 rings (SSSR count). The highest BCUT2D eigenvalue weighted by atomic mass is 35.5. The van der Waals surface area contributed by atoms with E-state index in [0.29, 0.717) is 5.02 Å². The second-order valence-electron chi connectivity index (χ2n) is 5.58. The summed E-state index contributed by atoms with van der Waals surface area (Å²) in [5.41, 5.74) is 5.59. The number of pyridine rings is 1. The van der Waals surface area contributed by atoms with Gasteiger partial charge in [-0.3, -0.25) is 0 Å². The first-order valence-electron chi connectivity index (χ1n) is 7.41. The maximum atomic E-state index is 6.24. The van der Waals surface area contributed by atoms with Gasteiger partial charge in [0.1, 0.15) is 5.65 Å². The van der Waals surface area contributed by atoms with Gasteiger partial charge in [-0.15, -0.1) is 0 Å². The molecule has 0 aliphatic carbocycles. The van der Waals surface area contributed by atoms with Crippen LogP contribution >= 0.6 is 11.6 Å². The van der Waals surface area contributed by atoms with E-state index in [0.717, 1.165) is 23.3 Å². The highest BCUT2D eigenvalue weighted by Gasteiger charge is 2.09. The minimum absolute atomic E-state index is 0.714. The first-order valence-corrected chi connectivity index (χ1v) is 7.79. The van der Waals surface area contributed by atoms with Gasteiger partial charge in [-0.1, -0.05) is 17.7 Å². The fraction of sp³-hybridized carbons (Fsp3) is 0.111. The van der Waals surface area contributed by atoms with Crippen molar-refractivity contribution in [2.45, 2.75) is 13.3 Å². The zero-order valence-electron chi connectivity index (χ0n) is 12.6. The second kappa shape index (κ2) is 5.56. The van der Waals surface area contributed by atoms with E-state index in [1.165, 1.54) is 11.1 Å². The third-order valence-corrected chi connectivity index (χ3v) is 4.22. The van der Waals surface area contributed by atoms with Gasteiger partial charge >= 0.3 is 0 Å². The summed E-state index contributed by atoms with van der Waals surface area (Å²) in [6, 6.07) is 10.3. The van der Waals surface area contributed by atoms with Crippen LogP contribution in [0.5, 0.6) is 0 Å². The molecule has 0 unspecified atom stereocenters. The summed E-state index contributed by atoms with van der Waals surface area (Å²) in [5.74, 6) is 0. The number of nitrogens with zero attached hydrogens (tertiary/aromatic N) is 4. The summed E-state index contributed by atoms with van der Waals surface area (Å²) in [7, 11) is 0. The van der Waals surface area contributed by atoms with Crippen LogP contribution in [0.3, 0.4) is 0 Å². The standard InChI is InChI=1S/C18H15ClN4/c1-13-3-4-17(23-7-2-5-21-23)11-14(13)9-15-10-16(19)12-22-8-6-20-18(15)22/h2-8,10-12H,9H2,1H3. The van der Waals surface area contributed by atoms with Crippen molar-refractivity contribution in [2.75, 3.05) is 0 Å². The molecule has 0 amide bonds. The lowest BCUT2D eigenvalue weighted by Gasteiger charge is -2.11. The van der Waals surface area contributed by atoms with Crippen LogP contribution in [0.15, 0.2) is 61.3 Å². The van der Waals surface area contributed by atoms with E-state index >= 15 is 0 Å². The molecule has 0 saturated carbocycles. The van der Waals surface area contributed by atoms with E-state index in [1.807, 2.05) is 39.8 Å². The summed E-state index contributed by atoms with van der Waals surface area (Å²) in [6.07, 6.45) is 10.1. The monoisotopic (exact) mass is 322 g/mol. The van der Waals surface area contributed by atoms with Crippen LogP contribution < -0.4 is 0 Å². The Morgan fingerprint density at radius 1 is 1.09 bits per heavy atom. The van der Waals surface area contributed by atoms with Crippen LogP contribution in [-0.4, -0.2) is 19.2 Å². The van der Waals surface area contributed by atoms with Crippen LogP contribution in [0.1, 0.15) is 16.7 Å². The van der Waals surface area contributed by atoms with Gasteiger partial charge in [-0.05, 0) is 42.3 Å². The molecule has 0 atom stereocenters. The Morgan fingerprint density at radius 3 is 2.83 bits per heavy atom. The molecule has 23 heavy (non-hydrogen) atoms. The lowest BCUT2D eigenvalue weighted by atomic mass is 10.0. The van der Waals surface area contributed by atoms with Gasteiger partial charge in [-0.2, -0.15) is 5.10 Å². The Balaban J connectivity index is 1.78. The molecule has 0 aliphatic rings. The lowest BCUT2D eigenvalue weighted by Crippen LogP contribution is -2.00. The lowest BCUT2D eigenvalue weighted by molar-refractivity contribution is 0.876. The Bertz CT molecular complexity index is 970. The van der Waals surface area contributed by atoms with Crippen molar-refractivity contribution in [3.8, 4) is 5.69 Å². The molecule has 0 spiro atoms. The van der Waals surface area contributed by atoms with Crippen LogP contribution in [0, 0.1) is 6.92 Å². The number of rotatable bonds is 3. The van der Waals surface area contributed by atoms with E-state index in [-0.39, 0.29) is 0 Å². The number of fused-ring (bicyclic) bond motifs is 1. The number of halogens is 1. The number of hydrogen-bond donors (Lipinski definition) is 0. The van der Waals surface area contributed by atoms with E-state index in [4.69, 9.17) is 11.6 Å². The number of benzene rings is 1. The van der Waals surface area contributed by atoms with Gasteiger partial charge < -0.3 is 4.40 Å². The van der Waals surface area contributed by atoms with Crippen LogP contribution in [0.2, 0.25) is 5.02 Å². The molecule has 3 heterocycles. The Kier molecular flexibility index (Phi) is 3.39. The smallest absolute Gasteiger partial charge is 0.140 e. The molecule has 1 aromatic carbocycles. The molecule has 4 aromatic rings. The van der Waals surface area contributed by atoms with Crippen LogP contribution in [-0.2, 0) is 6.42 Å². The minimum atomic E-state index is 0.714. The normalized spacial score (nSPS) is 11.2. The van der Waals surface area contributed by atoms with Crippen molar-refractivity contribution in [1.82, 2.24) is 19.2 Å². The molecule has 0 aliphatic heterocycles. The molecule has 0 fully saturated rings. The average Bonchev–Trinajstić information content (AvgIpc) is 3.20. The molecule has 0 bridgehead atoms. The molecule has 4 nitrogen and oxygen atoms in total. The first kappa shape index (κ1) is 14.0. The molecule has 0 N–H and O–H groups in total. The molecule has 3 aromatic heterocycles. The SMILES string of the molecule is Cc1ccc(-n2cccn2)cc1Cc1cc(Cl)cn2ccnc12. The van der Waals surface area contributed by atoms with Crippen molar-refractivity contribution >= 4 is 17.2 Å². The predicted octanol–water partition coefficient (Wildman–Crippen LogP) is 4.07. The van der Waals surface area contributed by atoms with Crippen LogP contribution in [0.25, 0.3) is 11.3 Å². The van der Waals surface area contributed by atoms with Crippen molar-refractivity contribution < 1.29 is 0 Å². The summed E-state index contributed by atoms with van der Waals surface area (Å²) >= 11 is 6.24. The van der Waals surface area contributed by atoms with E-state index in [9.17, 15) is 0 Å². The molecule has 0 radical (unpaired) electrons. The topological polar surface area (TPSA) is 35.1 Å². The summed E-state index contributed by atoms with van der Waals surface area (Å²) in [6.45, 7) is 2.12. The fourth-order valence-corrected chi connectivity index (χ4v) is 3.05. The third kappa shape index (κ3) is 2.62. The van der Waals surface area contributed by atoms with Crippen molar-refractivity contribution in [3.63, 3.8) is 0 Å². The molecular weight excluding hydrogens is 308 g/mol. The Hall–Kier alpha value is -2.59. The molecule has 114 valence electrons. The first-order chi connectivity index (χ1) is 11.2. The predicted molar refractivity (Wildman–Crippen MR) is 91.3 cm³/mol. The maximum absolute atomic E-state index is 6.24. The quantitative estimate of drug-likeness (QED) is 0.570. The van der Waals surface area contributed by atoms with Crippen LogP contribution in [0.4, 0.5) is 0 Å². The minimum Gasteiger partial charge on any atom is -0.305 e. The number of imidazole rings is 1. The van der Waals surface area contributed by atoms with Gasteiger partial charge in [0.25, 0.3) is 0 Å². The zero-order valence-corrected chi connectivity index (χ0v) is 13.4. The van der Waals surface area contributed by atoms with Gasteiger partial charge in [0.2, 0.25) is 0 Å². The van der Waals surface area contributed by atoms with E-state index < -0.39 is 0 Å². The van der Waals surface area contributed by atoms with Crippen molar-refractivity contribution in [3.05, 3.63) is 83.0 Å². The van der Waals surface area contributed by atoms with Crippen molar-refractivity contribution in [1.29, 1.82) is 0 Å². The molecular formula is C18H15ClN4. The van der Waals surface area contributed by atoms with Gasteiger partial charge in [0.15, 0.2) is 0 Å². The largest absolute Gasteiger partial charge is 0.305 e.